The zero-order chi connectivity index (χ0) is 31.2. The minimum Gasteiger partial charge on any atom is -0.497 e. The Kier molecular flexibility index (Phi) is 9.68. The third-order valence-corrected chi connectivity index (χ3v) is 11.2. The zero-order valence-electron chi connectivity index (χ0n) is 24.4. The third-order valence-electron chi connectivity index (χ3n) is 7.55. The number of carbonyl (C=O) groups is 1. The molecule has 0 atom stereocenters. The summed E-state index contributed by atoms with van der Waals surface area (Å²) < 4.78 is 62.4. The average molecular weight is 634 g/mol. The van der Waals surface area contributed by atoms with Crippen LogP contribution in [0.25, 0.3) is 0 Å². The lowest BCUT2D eigenvalue weighted by molar-refractivity contribution is 0.102. The highest BCUT2D eigenvalue weighted by Gasteiger charge is 2.29. The number of sulfonamides is 2. The van der Waals surface area contributed by atoms with Crippen molar-refractivity contribution in [2.24, 2.45) is 0 Å². The maximum absolute atomic E-state index is 14.0. The van der Waals surface area contributed by atoms with E-state index >= 15 is 0 Å². The lowest BCUT2D eigenvalue weighted by Gasteiger charge is -2.27. The molecule has 4 aromatic rings. The van der Waals surface area contributed by atoms with Gasteiger partial charge in [0.15, 0.2) is 0 Å². The molecular weight excluding hydrogens is 599 g/mol. The van der Waals surface area contributed by atoms with Gasteiger partial charge in [0.2, 0.25) is 10.0 Å². The largest absolute Gasteiger partial charge is 0.497 e. The third kappa shape index (κ3) is 6.96. The van der Waals surface area contributed by atoms with Crippen molar-refractivity contribution in [3.8, 4) is 5.75 Å². The van der Waals surface area contributed by atoms with Gasteiger partial charge < -0.3 is 10.1 Å². The summed E-state index contributed by atoms with van der Waals surface area (Å²) in [7, 11) is -6.25. The van der Waals surface area contributed by atoms with Crippen molar-refractivity contribution in [2.75, 3.05) is 29.8 Å². The highest BCUT2D eigenvalue weighted by atomic mass is 32.2. The van der Waals surface area contributed by atoms with Gasteiger partial charge in [-0.1, -0.05) is 55.3 Å². The first-order valence-corrected chi connectivity index (χ1v) is 17.3. The molecule has 5 rings (SSSR count). The van der Waals surface area contributed by atoms with Gasteiger partial charge in [0.05, 0.1) is 34.7 Å². The Hall–Kier alpha value is -4.19. The number of ether oxygens (including phenoxy) is 1. The molecule has 1 N–H and O–H groups in total. The number of amides is 1. The Morgan fingerprint density at radius 3 is 1.98 bits per heavy atom. The van der Waals surface area contributed by atoms with Gasteiger partial charge >= 0.3 is 0 Å². The number of benzene rings is 4. The molecule has 1 aliphatic heterocycles. The molecule has 1 aliphatic rings. The number of nitrogens with zero attached hydrogens (tertiary/aromatic N) is 2. The zero-order valence-corrected chi connectivity index (χ0v) is 26.1. The van der Waals surface area contributed by atoms with Crippen LogP contribution in [0.4, 0.5) is 11.4 Å². The van der Waals surface area contributed by atoms with Crippen LogP contribution in [-0.2, 0) is 26.6 Å². The Morgan fingerprint density at radius 2 is 1.34 bits per heavy atom. The molecule has 0 unspecified atom stereocenters. The topological polar surface area (TPSA) is 113 Å². The summed E-state index contributed by atoms with van der Waals surface area (Å²) in [5.74, 6) is -0.0182. The van der Waals surface area contributed by atoms with Crippen LogP contribution in [0.2, 0.25) is 0 Å². The van der Waals surface area contributed by atoms with Crippen molar-refractivity contribution in [3.63, 3.8) is 0 Å². The van der Waals surface area contributed by atoms with Gasteiger partial charge in [-0.15, -0.1) is 0 Å². The number of hydrogen-bond acceptors (Lipinski definition) is 6. The SMILES string of the molecule is COc1ccc(S(=O)(=O)N(Cc2ccccc2)c2ccccc2C(=O)Nc2ccc(S(=O)(=O)N3CCCCCC3)cc2)cc1. The molecule has 0 spiro atoms. The second-order valence-electron chi connectivity index (χ2n) is 10.5. The summed E-state index contributed by atoms with van der Waals surface area (Å²) in [6.45, 7) is 0.982. The fourth-order valence-electron chi connectivity index (χ4n) is 5.15. The number of rotatable bonds is 10. The van der Waals surface area contributed by atoms with Gasteiger partial charge in [0.1, 0.15) is 5.75 Å². The standard InChI is InChI=1S/C33H35N3O6S2/c1-42-28-17-21-30(22-18-28)44(40,41)36(25-26-11-5-4-6-12-26)32-14-8-7-13-31(32)33(37)34-27-15-19-29(20-16-27)43(38,39)35-23-9-2-3-10-24-35/h4-8,11-22H,2-3,9-10,23-25H2,1H3,(H,34,37). The molecule has 230 valence electrons. The molecule has 4 aromatic carbocycles. The van der Waals surface area contributed by atoms with Crippen LogP contribution in [0.5, 0.6) is 5.75 Å². The van der Waals surface area contributed by atoms with Gasteiger partial charge in [-0.3, -0.25) is 9.10 Å². The number of nitrogens with one attached hydrogen (secondary N) is 1. The van der Waals surface area contributed by atoms with Crippen LogP contribution in [0.3, 0.4) is 0 Å². The molecule has 0 bridgehead atoms. The molecule has 0 radical (unpaired) electrons. The fourth-order valence-corrected chi connectivity index (χ4v) is 8.14. The van der Waals surface area contributed by atoms with Crippen molar-refractivity contribution in [3.05, 3.63) is 114 Å². The maximum atomic E-state index is 14.0. The Balaban J connectivity index is 1.44. The minimum absolute atomic E-state index is 0.0114. The number of para-hydroxylation sites is 1. The monoisotopic (exact) mass is 633 g/mol. The van der Waals surface area contributed by atoms with E-state index in [-0.39, 0.29) is 27.6 Å². The van der Waals surface area contributed by atoms with Gasteiger partial charge in [-0.05, 0) is 79.1 Å². The van der Waals surface area contributed by atoms with Crippen LogP contribution in [0.15, 0.2) is 113 Å². The fraction of sp³-hybridized carbons (Fsp3) is 0.242. The summed E-state index contributed by atoms with van der Waals surface area (Å²) in [5, 5.41) is 2.81. The Morgan fingerprint density at radius 1 is 0.750 bits per heavy atom. The lowest BCUT2D eigenvalue weighted by Crippen LogP contribution is -2.32. The van der Waals surface area contributed by atoms with Crippen molar-refractivity contribution in [2.45, 2.75) is 42.0 Å². The van der Waals surface area contributed by atoms with Crippen LogP contribution in [0, 0.1) is 0 Å². The van der Waals surface area contributed by atoms with Gasteiger partial charge in [0, 0.05) is 18.8 Å². The average Bonchev–Trinajstić information content (AvgIpc) is 3.35. The second-order valence-corrected chi connectivity index (χ2v) is 14.3. The van der Waals surface area contributed by atoms with Crippen molar-refractivity contribution < 1.29 is 26.4 Å². The normalized spacial score (nSPS) is 14.4. The first-order valence-electron chi connectivity index (χ1n) is 14.4. The summed E-state index contributed by atoms with van der Waals surface area (Å²) in [6.07, 6.45) is 3.70. The maximum Gasteiger partial charge on any atom is 0.264 e. The van der Waals surface area contributed by atoms with Crippen molar-refractivity contribution >= 4 is 37.3 Å². The van der Waals surface area contributed by atoms with Crippen LogP contribution in [-0.4, -0.2) is 47.2 Å². The lowest BCUT2D eigenvalue weighted by atomic mass is 10.1. The first kappa shape index (κ1) is 31.2. The number of hydrogen-bond donors (Lipinski definition) is 1. The van der Waals surface area contributed by atoms with E-state index < -0.39 is 26.0 Å². The second kappa shape index (κ2) is 13.6. The first-order chi connectivity index (χ1) is 21.2. The number of methoxy groups -OCH3 is 1. The predicted octanol–water partition coefficient (Wildman–Crippen LogP) is 5.91. The Labute approximate surface area is 259 Å². The summed E-state index contributed by atoms with van der Waals surface area (Å²) >= 11 is 0. The molecule has 0 aliphatic carbocycles. The quantitative estimate of drug-likeness (QED) is 0.233. The molecule has 1 fully saturated rings. The van der Waals surface area contributed by atoms with E-state index in [1.165, 1.54) is 40.0 Å². The smallest absolute Gasteiger partial charge is 0.264 e. The summed E-state index contributed by atoms with van der Waals surface area (Å²) in [6, 6.07) is 27.8. The van der Waals surface area contributed by atoms with Crippen LogP contribution < -0.4 is 14.4 Å². The van der Waals surface area contributed by atoms with Crippen LogP contribution in [0.1, 0.15) is 41.6 Å². The van der Waals surface area contributed by atoms with Gasteiger partial charge in [0.25, 0.3) is 15.9 Å². The van der Waals surface area contributed by atoms with Gasteiger partial charge in [-0.2, -0.15) is 4.31 Å². The molecular formula is C33H35N3O6S2. The van der Waals surface area contributed by atoms with E-state index in [0.29, 0.717) is 24.5 Å². The van der Waals surface area contributed by atoms with E-state index in [1.54, 1.807) is 48.5 Å². The Bertz CT molecular complexity index is 1790. The molecule has 1 amide bonds. The number of carbonyl (C=O) groups excluding carboxylic acids is 1. The summed E-state index contributed by atoms with van der Waals surface area (Å²) in [5.41, 5.74) is 1.46. The molecule has 9 nitrogen and oxygen atoms in total. The van der Waals surface area contributed by atoms with E-state index in [9.17, 15) is 21.6 Å². The molecule has 1 saturated heterocycles. The van der Waals surface area contributed by atoms with Crippen LogP contribution >= 0.6 is 0 Å². The highest BCUT2D eigenvalue weighted by molar-refractivity contribution is 7.92. The molecule has 0 saturated carbocycles. The van der Waals surface area contributed by atoms with Crippen molar-refractivity contribution in [1.82, 2.24) is 4.31 Å². The van der Waals surface area contributed by atoms with E-state index in [0.717, 1.165) is 31.2 Å². The van der Waals surface area contributed by atoms with E-state index in [1.807, 2.05) is 30.3 Å². The minimum atomic E-state index is -4.12. The highest BCUT2D eigenvalue weighted by Crippen LogP contribution is 2.31. The molecule has 44 heavy (non-hydrogen) atoms. The molecule has 1 heterocycles. The van der Waals surface area contributed by atoms with E-state index in [2.05, 4.69) is 5.32 Å². The van der Waals surface area contributed by atoms with Crippen molar-refractivity contribution in [1.29, 1.82) is 0 Å². The number of anilines is 2. The van der Waals surface area contributed by atoms with E-state index in [4.69, 9.17) is 4.74 Å². The predicted molar refractivity (Wildman–Crippen MR) is 171 cm³/mol. The van der Waals surface area contributed by atoms with Gasteiger partial charge in [-0.25, -0.2) is 16.8 Å². The summed E-state index contributed by atoms with van der Waals surface area (Å²) in [4.78, 5) is 13.8. The molecule has 0 aromatic heterocycles. The molecule has 11 heteroatoms.